The second kappa shape index (κ2) is 8.68. The Morgan fingerprint density at radius 2 is 1.81 bits per heavy atom. The Hall–Kier alpha value is -2.86. The van der Waals surface area contributed by atoms with Gasteiger partial charge in [-0.2, -0.15) is 0 Å². The van der Waals surface area contributed by atoms with Crippen molar-refractivity contribution in [1.29, 1.82) is 0 Å². The maximum Gasteiger partial charge on any atom is 0.230 e. The van der Waals surface area contributed by atoms with Gasteiger partial charge in [-0.25, -0.2) is 4.98 Å². The molecule has 0 bridgehead atoms. The van der Waals surface area contributed by atoms with Crippen LogP contribution in [0, 0.1) is 0 Å². The van der Waals surface area contributed by atoms with E-state index in [0.29, 0.717) is 23.1 Å². The summed E-state index contributed by atoms with van der Waals surface area (Å²) in [5.41, 5.74) is 3.85. The smallest absolute Gasteiger partial charge is 0.230 e. The Bertz CT molecular complexity index is 919. The summed E-state index contributed by atoms with van der Waals surface area (Å²) in [6.07, 6.45) is 1.31. The first-order chi connectivity index (χ1) is 13.1. The van der Waals surface area contributed by atoms with Crippen molar-refractivity contribution < 1.29 is 14.3 Å². The third kappa shape index (κ3) is 4.65. The van der Waals surface area contributed by atoms with Crippen LogP contribution in [-0.2, 0) is 17.6 Å². The lowest BCUT2D eigenvalue weighted by Crippen LogP contribution is -2.14. The Labute approximate surface area is 163 Å². The summed E-state index contributed by atoms with van der Waals surface area (Å²) < 4.78 is 10.6. The zero-order valence-electron chi connectivity index (χ0n) is 15.6. The zero-order chi connectivity index (χ0) is 19.2. The minimum Gasteiger partial charge on any atom is -0.497 e. The summed E-state index contributed by atoms with van der Waals surface area (Å²) in [6, 6.07) is 13.7. The lowest BCUT2D eigenvalue weighted by Gasteiger charge is -2.08. The maximum atomic E-state index is 12.3. The number of ether oxygens (including phenoxy) is 2. The summed E-state index contributed by atoms with van der Waals surface area (Å²) >= 11 is 1.39. The van der Waals surface area contributed by atoms with Crippen molar-refractivity contribution in [1.82, 2.24) is 4.98 Å². The Morgan fingerprint density at radius 3 is 2.48 bits per heavy atom. The molecule has 1 amide bonds. The Morgan fingerprint density at radius 1 is 1.07 bits per heavy atom. The second-order valence-corrected chi connectivity index (χ2v) is 6.86. The van der Waals surface area contributed by atoms with Crippen LogP contribution in [0.1, 0.15) is 18.1 Å². The van der Waals surface area contributed by atoms with Gasteiger partial charge in [-0.1, -0.05) is 31.2 Å². The molecule has 1 heterocycles. The average Bonchev–Trinajstić information content (AvgIpc) is 3.16. The highest BCUT2D eigenvalue weighted by Gasteiger charge is 2.13. The topological polar surface area (TPSA) is 60.5 Å². The summed E-state index contributed by atoms with van der Waals surface area (Å²) in [5.74, 6) is 1.31. The third-order valence-electron chi connectivity index (χ3n) is 4.23. The molecule has 0 atom stereocenters. The largest absolute Gasteiger partial charge is 0.497 e. The summed E-state index contributed by atoms with van der Waals surface area (Å²) in [5, 5.41) is 5.34. The van der Waals surface area contributed by atoms with Crippen LogP contribution < -0.4 is 14.8 Å². The van der Waals surface area contributed by atoms with E-state index in [9.17, 15) is 4.79 Å². The molecule has 0 fully saturated rings. The molecule has 6 heteroatoms. The fraction of sp³-hybridized carbons (Fsp3) is 0.238. The molecule has 0 spiro atoms. The van der Waals surface area contributed by atoms with Gasteiger partial charge >= 0.3 is 0 Å². The molecule has 3 rings (SSSR count). The van der Waals surface area contributed by atoms with Crippen LogP contribution in [-0.4, -0.2) is 25.1 Å². The van der Waals surface area contributed by atoms with Crippen LogP contribution in [0.15, 0.2) is 47.8 Å². The fourth-order valence-electron chi connectivity index (χ4n) is 2.71. The lowest BCUT2D eigenvalue weighted by atomic mass is 10.1. The number of methoxy groups -OCH3 is 2. The van der Waals surface area contributed by atoms with E-state index in [0.717, 1.165) is 23.2 Å². The SMILES string of the molecule is CCc1ccc(CC(=O)Nc2nc(-c3ccc(OC)cc3OC)cs2)cc1. The number of carbonyl (C=O) groups excluding carboxylic acids is 1. The van der Waals surface area contributed by atoms with E-state index in [2.05, 4.69) is 29.4 Å². The van der Waals surface area contributed by atoms with E-state index in [1.807, 2.05) is 35.7 Å². The fourth-order valence-corrected chi connectivity index (χ4v) is 3.43. The highest BCUT2D eigenvalue weighted by molar-refractivity contribution is 7.14. The van der Waals surface area contributed by atoms with Crippen molar-refractivity contribution in [3.63, 3.8) is 0 Å². The first kappa shape index (κ1) is 18.9. The quantitative estimate of drug-likeness (QED) is 0.650. The third-order valence-corrected chi connectivity index (χ3v) is 4.99. The average molecular weight is 382 g/mol. The van der Waals surface area contributed by atoms with Crippen molar-refractivity contribution in [2.24, 2.45) is 0 Å². The molecule has 5 nitrogen and oxygen atoms in total. The highest BCUT2D eigenvalue weighted by atomic mass is 32.1. The predicted molar refractivity (Wildman–Crippen MR) is 109 cm³/mol. The second-order valence-electron chi connectivity index (χ2n) is 6.00. The molecule has 0 saturated carbocycles. The number of benzene rings is 2. The molecular formula is C21H22N2O3S. The maximum absolute atomic E-state index is 12.3. The van der Waals surface area contributed by atoms with Crippen molar-refractivity contribution >= 4 is 22.4 Å². The van der Waals surface area contributed by atoms with E-state index in [4.69, 9.17) is 9.47 Å². The van der Waals surface area contributed by atoms with Crippen LogP contribution in [0.2, 0.25) is 0 Å². The number of anilines is 1. The van der Waals surface area contributed by atoms with E-state index in [-0.39, 0.29) is 5.91 Å². The monoisotopic (exact) mass is 382 g/mol. The van der Waals surface area contributed by atoms with Gasteiger partial charge in [0.1, 0.15) is 11.5 Å². The summed E-state index contributed by atoms with van der Waals surface area (Å²) in [7, 11) is 3.22. The molecule has 140 valence electrons. The van der Waals surface area contributed by atoms with Gasteiger partial charge in [0.2, 0.25) is 5.91 Å². The number of hydrogen-bond donors (Lipinski definition) is 1. The summed E-state index contributed by atoms with van der Waals surface area (Å²) in [6.45, 7) is 2.11. The number of aromatic nitrogens is 1. The first-order valence-electron chi connectivity index (χ1n) is 8.68. The van der Waals surface area contributed by atoms with Gasteiger partial charge in [-0.3, -0.25) is 4.79 Å². The number of nitrogens with one attached hydrogen (secondary N) is 1. The van der Waals surface area contributed by atoms with Crippen molar-refractivity contribution in [2.75, 3.05) is 19.5 Å². The molecule has 0 radical (unpaired) electrons. The molecule has 3 aromatic rings. The zero-order valence-corrected chi connectivity index (χ0v) is 16.4. The number of rotatable bonds is 7. The number of aryl methyl sites for hydroxylation is 1. The van der Waals surface area contributed by atoms with Gasteiger partial charge < -0.3 is 14.8 Å². The molecule has 1 aromatic heterocycles. The van der Waals surface area contributed by atoms with Crippen LogP contribution in [0.3, 0.4) is 0 Å². The van der Waals surface area contributed by atoms with Crippen molar-refractivity contribution in [2.45, 2.75) is 19.8 Å². The van der Waals surface area contributed by atoms with E-state index in [1.165, 1.54) is 16.9 Å². The molecule has 0 aliphatic rings. The van der Waals surface area contributed by atoms with E-state index < -0.39 is 0 Å². The minimum absolute atomic E-state index is 0.0816. The van der Waals surface area contributed by atoms with Gasteiger partial charge in [-0.05, 0) is 29.7 Å². The first-order valence-corrected chi connectivity index (χ1v) is 9.56. The number of nitrogens with zero attached hydrogens (tertiary/aromatic N) is 1. The minimum atomic E-state index is -0.0816. The van der Waals surface area contributed by atoms with Gasteiger partial charge in [0.15, 0.2) is 5.13 Å². The molecule has 2 aromatic carbocycles. The van der Waals surface area contributed by atoms with Gasteiger partial charge in [0, 0.05) is 17.0 Å². The number of amides is 1. The van der Waals surface area contributed by atoms with Crippen molar-refractivity contribution in [3.8, 4) is 22.8 Å². The van der Waals surface area contributed by atoms with Crippen LogP contribution in [0.5, 0.6) is 11.5 Å². The Balaban J connectivity index is 1.69. The molecule has 1 N–H and O–H groups in total. The normalized spacial score (nSPS) is 10.5. The molecule has 0 saturated heterocycles. The Kier molecular flexibility index (Phi) is 6.08. The molecule has 0 aliphatic carbocycles. The van der Waals surface area contributed by atoms with Gasteiger partial charge in [0.05, 0.1) is 26.3 Å². The molecular weight excluding hydrogens is 360 g/mol. The number of thiazole rings is 1. The lowest BCUT2D eigenvalue weighted by molar-refractivity contribution is -0.115. The number of hydrogen-bond acceptors (Lipinski definition) is 5. The summed E-state index contributed by atoms with van der Waals surface area (Å²) in [4.78, 5) is 16.8. The van der Waals surface area contributed by atoms with Crippen LogP contribution in [0.25, 0.3) is 11.3 Å². The van der Waals surface area contributed by atoms with Gasteiger partial charge in [-0.15, -0.1) is 11.3 Å². The molecule has 0 aliphatic heterocycles. The van der Waals surface area contributed by atoms with Gasteiger partial charge in [0.25, 0.3) is 0 Å². The number of carbonyl (C=O) groups is 1. The molecule has 0 unspecified atom stereocenters. The van der Waals surface area contributed by atoms with E-state index in [1.54, 1.807) is 14.2 Å². The molecule has 27 heavy (non-hydrogen) atoms. The van der Waals surface area contributed by atoms with E-state index >= 15 is 0 Å². The van der Waals surface area contributed by atoms with Crippen LogP contribution >= 0.6 is 11.3 Å². The highest BCUT2D eigenvalue weighted by Crippen LogP contribution is 2.34. The standard InChI is InChI=1S/C21H22N2O3S/c1-4-14-5-7-15(8-6-14)11-20(24)23-21-22-18(13-27-21)17-10-9-16(25-2)12-19(17)26-3/h5-10,12-13H,4,11H2,1-3H3,(H,22,23,24). The van der Waals surface area contributed by atoms with Crippen molar-refractivity contribution in [3.05, 3.63) is 59.0 Å². The predicted octanol–water partition coefficient (Wildman–Crippen LogP) is 4.57. The van der Waals surface area contributed by atoms with Crippen LogP contribution in [0.4, 0.5) is 5.13 Å².